The van der Waals surface area contributed by atoms with Gasteiger partial charge in [-0.1, -0.05) is 64.1 Å². The Labute approximate surface area is 359 Å². The van der Waals surface area contributed by atoms with Gasteiger partial charge in [0, 0.05) is 36.4 Å². The van der Waals surface area contributed by atoms with Gasteiger partial charge in [0.1, 0.15) is 23.7 Å². The Morgan fingerprint density at radius 1 is 0.694 bits per heavy atom. The summed E-state index contributed by atoms with van der Waals surface area (Å²) in [6, 6.07) is 19.3. The molecule has 9 rings (SSSR count). The molecule has 2 aliphatic heterocycles. The number of aromatic nitrogens is 4. The van der Waals surface area contributed by atoms with Crippen LogP contribution in [-0.2, 0) is 23.8 Å². The maximum absolute atomic E-state index is 14.0. The largest absolute Gasteiger partial charge is 0.453 e. The van der Waals surface area contributed by atoms with E-state index in [1.54, 1.807) is 7.11 Å². The first-order chi connectivity index (χ1) is 29.9. The summed E-state index contributed by atoms with van der Waals surface area (Å²) in [5, 5.41) is 9.59. The van der Waals surface area contributed by atoms with Crippen LogP contribution in [-0.4, -0.2) is 106 Å². The predicted molar refractivity (Wildman–Crippen MR) is 235 cm³/mol. The van der Waals surface area contributed by atoms with E-state index in [2.05, 4.69) is 75.2 Å². The number of carbonyl (C=O) groups is 4. The van der Waals surface area contributed by atoms with Crippen LogP contribution in [0.1, 0.15) is 70.7 Å². The molecule has 62 heavy (non-hydrogen) atoms. The highest BCUT2D eigenvalue weighted by atomic mass is 16.5. The minimum absolute atomic E-state index is 0.103. The molecule has 4 amide bonds. The first-order valence-electron chi connectivity index (χ1n) is 21.5. The summed E-state index contributed by atoms with van der Waals surface area (Å²) in [7, 11) is 4.26. The average Bonchev–Trinajstić information content (AvgIpc) is 3.69. The van der Waals surface area contributed by atoms with Crippen LogP contribution in [0.4, 0.5) is 9.59 Å². The molecule has 324 valence electrons. The lowest BCUT2D eigenvalue weighted by Crippen LogP contribution is -2.52. The summed E-state index contributed by atoms with van der Waals surface area (Å²) in [5.41, 5.74) is 5.59. The molecule has 4 aromatic carbocycles. The van der Waals surface area contributed by atoms with Crippen molar-refractivity contribution in [3.05, 3.63) is 72.3 Å². The molecule has 2 saturated heterocycles. The third-order valence-electron chi connectivity index (χ3n) is 13.2. The summed E-state index contributed by atoms with van der Waals surface area (Å²) in [6.45, 7) is 8.65. The molecule has 15 nitrogen and oxygen atoms in total. The zero-order valence-corrected chi connectivity index (χ0v) is 36.2. The van der Waals surface area contributed by atoms with Crippen molar-refractivity contribution in [2.75, 3.05) is 34.5 Å². The molecule has 15 heteroatoms. The number of H-pyrrole nitrogens is 2. The third-order valence-corrected chi connectivity index (χ3v) is 13.2. The monoisotopic (exact) mass is 842 g/mol. The first kappa shape index (κ1) is 41.1. The number of aromatic amines is 2. The number of hydrogen-bond acceptors (Lipinski definition) is 9. The SMILES string of the molecule is COC[C@H]1C[C@@H](c2nc3c(ccc4cc(-c5ccc6c(ccc7[nH]c([C@@H]8CC9C[C@H]9N8C(=O)[C@@H](NC(=O)OC)C(C)C)nc76)c5)ccc43)[nH]2)N(C(=O)[C@@H](NC(=O)OC)C(C)C)C1. The van der Waals surface area contributed by atoms with Crippen LogP contribution in [0.2, 0.25) is 0 Å². The van der Waals surface area contributed by atoms with E-state index in [9.17, 15) is 19.2 Å². The van der Waals surface area contributed by atoms with Gasteiger partial charge in [0.05, 0.1) is 55.0 Å². The molecule has 3 fully saturated rings. The van der Waals surface area contributed by atoms with Gasteiger partial charge in [-0.15, -0.1) is 0 Å². The van der Waals surface area contributed by atoms with Gasteiger partial charge in [-0.3, -0.25) is 9.59 Å². The molecule has 0 bridgehead atoms. The van der Waals surface area contributed by atoms with E-state index in [4.69, 9.17) is 24.2 Å². The van der Waals surface area contributed by atoms with Crippen molar-refractivity contribution in [2.45, 2.75) is 77.2 Å². The molecular weight excluding hydrogens is 789 g/mol. The highest BCUT2D eigenvalue weighted by molar-refractivity contribution is 6.07. The number of hydrogen-bond donors (Lipinski definition) is 4. The highest BCUT2D eigenvalue weighted by Crippen LogP contribution is 2.53. The number of carbonyl (C=O) groups excluding carboxylic acids is 4. The van der Waals surface area contributed by atoms with Crippen LogP contribution in [0.5, 0.6) is 0 Å². The number of nitrogens with zero attached hydrogens (tertiary/aromatic N) is 4. The minimum Gasteiger partial charge on any atom is -0.453 e. The van der Waals surface area contributed by atoms with Gasteiger partial charge >= 0.3 is 12.2 Å². The summed E-state index contributed by atoms with van der Waals surface area (Å²) in [6.07, 6.45) is 1.21. The molecule has 4 N–H and O–H groups in total. The van der Waals surface area contributed by atoms with E-state index in [0.717, 1.165) is 73.4 Å². The number of amides is 4. The number of rotatable bonds is 11. The summed E-state index contributed by atoms with van der Waals surface area (Å²) < 4.78 is 15.2. The molecule has 1 unspecified atom stereocenters. The number of imidazole rings is 2. The Bertz CT molecular complexity index is 2720. The standard InChI is InChI=1S/C47H54N8O7/c1-23(2)38(52-46(58)61-6)44(56)54-21-25(22-60-5)16-36(54)42-48-33-14-10-28-17-26(8-12-31(28)40(33)50-42)27-9-13-32-29(18-27)11-15-34-41(32)51-43(49-34)37-20-30-19-35(30)55(37)45(57)39(24(3)4)53-47(59)62-7/h8-15,17-18,23-25,30,35-39H,16,19-22H2,1-7H3,(H,48,50)(H,49,51)(H,52,58)(H,53,59)/t25-,30?,35+,36-,37-,38-,39-/m0/s1. The topological polar surface area (TPSA) is 184 Å². The van der Waals surface area contributed by atoms with Crippen LogP contribution in [0.3, 0.4) is 0 Å². The van der Waals surface area contributed by atoms with Crippen LogP contribution < -0.4 is 10.6 Å². The van der Waals surface area contributed by atoms with Crippen molar-refractivity contribution < 1.29 is 33.4 Å². The molecule has 0 radical (unpaired) electrons. The van der Waals surface area contributed by atoms with E-state index < -0.39 is 24.3 Å². The number of alkyl carbamates (subject to hydrolysis) is 2. The molecular formula is C47H54N8O7. The number of nitrogens with one attached hydrogen (secondary N) is 4. The summed E-state index contributed by atoms with van der Waals surface area (Å²) in [4.78, 5) is 73.4. The summed E-state index contributed by atoms with van der Waals surface area (Å²) >= 11 is 0. The van der Waals surface area contributed by atoms with Gasteiger partial charge < -0.3 is 44.6 Å². The molecule has 0 spiro atoms. The molecule has 1 aliphatic carbocycles. The minimum atomic E-state index is -0.750. The summed E-state index contributed by atoms with van der Waals surface area (Å²) in [5.74, 6) is 1.46. The second kappa shape index (κ2) is 16.2. The second-order valence-corrected chi connectivity index (χ2v) is 17.9. The number of likely N-dealkylation sites (tertiary alicyclic amines) is 2. The maximum atomic E-state index is 14.0. The molecule has 1 saturated carbocycles. The average molecular weight is 843 g/mol. The Hall–Kier alpha value is -6.22. The zero-order valence-electron chi connectivity index (χ0n) is 36.2. The third kappa shape index (κ3) is 7.35. The van der Waals surface area contributed by atoms with E-state index in [1.165, 1.54) is 14.2 Å². The lowest BCUT2D eigenvalue weighted by atomic mass is 9.98. The first-order valence-corrected chi connectivity index (χ1v) is 21.5. The fraction of sp³-hybridized carbons (Fsp3) is 0.447. The van der Waals surface area contributed by atoms with Gasteiger partial charge in [0.2, 0.25) is 11.8 Å². The van der Waals surface area contributed by atoms with Crippen molar-refractivity contribution >= 4 is 67.6 Å². The molecule has 4 heterocycles. The predicted octanol–water partition coefficient (Wildman–Crippen LogP) is 7.37. The number of fused-ring (bicyclic) bond motifs is 7. The Kier molecular flexibility index (Phi) is 10.8. The number of methoxy groups -OCH3 is 3. The van der Waals surface area contributed by atoms with Crippen LogP contribution in [0.15, 0.2) is 60.7 Å². The van der Waals surface area contributed by atoms with Crippen LogP contribution in [0, 0.1) is 23.7 Å². The second-order valence-electron chi connectivity index (χ2n) is 17.9. The normalized spacial score (nSPS) is 21.9. The van der Waals surface area contributed by atoms with Crippen molar-refractivity contribution in [2.24, 2.45) is 23.7 Å². The Balaban J connectivity index is 0.987. The van der Waals surface area contributed by atoms with Crippen molar-refractivity contribution in [3.63, 3.8) is 0 Å². The van der Waals surface area contributed by atoms with Gasteiger partial charge in [-0.05, 0) is 83.2 Å². The fourth-order valence-electron chi connectivity index (χ4n) is 9.85. The molecule has 6 aromatic rings. The number of benzene rings is 4. The van der Waals surface area contributed by atoms with Crippen molar-refractivity contribution in [1.82, 2.24) is 40.4 Å². The van der Waals surface area contributed by atoms with Gasteiger partial charge in [-0.2, -0.15) is 0 Å². The van der Waals surface area contributed by atoms with Gasteiger partial charge in [0.25, 0.3) is 0 Å². The van der Waals surface area contributed by atoms with E-state index >= 15 is 0 Å². The number of piperidine rings is 1. The van der Waals surface area contributed by atoms with Crippen molar-refractivity contribution in [3.8, 4) is 11.1 Å². The van der Waals surface area contributed by atoms with E-state index in [-0.39, 0.29) is 47.7 Å². The van der Waals surface area contributed by atoms with Gasteiger partial charge in [0.15, 0.2) is 0 Å². The maximum Gasteiger partial charge on any atom is 0.407 e. The van der Waals surface area contributed by atoms with E-state index in [0.29, 0.717) is 31.3 Å². The van der Waals surface area contributed by atoms with Crippen LogP contribution >= 0.6 is 0 Å². The Morgan fingerprint density at radius 3 is 1.74 bits per heavy atom. The quantitative estimate of drug-likeness (QED) is 0.103. The van der Waals surface area contributed by atoms with Gasteiger partial charge in [-0.25, -0.2) is 19.6 Å². The fourth-order valence-corrected chi connectivity index (χ4v) is 9.85. The lowest BCUT2D eigenvalue weighted by molar-refractivity contribution is -0.137. The van der Waals surface area contributed by atoms with Crippen LogP contribution in [0.25, 0.3) is 54.7 Å². The Morgan fingerprint density at radius 2 is 1.23 bits per heavy atom. The van der Waals surface area contributed by atoms with E-state index in [1.807, 2.05) is 43.6 Å². The number of ether oxygens (including phenoxy) is 3. The molecule has 2 aromatic heterocycles. The highest BCUT2D eigenvalue weighted by Gasteiger charge is 2.56. The molecule has 7 atom stereocenters. The zero-order chi connectivity index (χ0) is 43.6. The molecule has 3 aliphatic rings. The van der Waals surface area contributed by atoms with Crippen molar-refractivity contribution in [1.29, 1.82) is 0 Å². The smallest absolute Gasteiger partial charge is 0.407 e. The lowest BCUT2D eigenvalue weighted by Gasteiger charge is -2.31.